The molecule has 0 aliphatic carbocycles. The normalized spacial score (nSPS) is 22.1. The maximum Gasteiger partial charge on any atom is 0.259 e. The molecule has 138 valence electrons. The van der Waals surface area contributed by atoms with E-state index in [-0.39, 0.29) is 11.8 Å². The smallest absolute Gasteiger partial charge is 0.259 e. The Kier molecular flexibility index (Phi) is 4.26. The Morgan fingerprint density at radius 1 is 1.12 bits per heavy atom. The first-order valence-electron chi connectivity index (χ1n) is 8.91. The summed E-state index contributed by atoms with van der Waals surface area (Å²) in [5.74, 6) is 1.57. The van der Waals surface area contributed by atoms with Gasteiger partial charge in [-0.3, -0.25) is 9.59 Å². The summed E-state index contributed by atoms with van der Waals surface area (Å²) in [6.45, 7) is 6.40. The molecule has 0 spiro atoms. The largest absolute Gasteiger partial charge is 0.364 e. The van der Waals surface area contributed by atoms with Crippen LogP contribution in [0.1, 0.15) is 33.9 Å². The van der Waals surface area contributed by atoms with Crippen LogP contribution < -0.4 is 0 Å². The van der Waals surface area contributed by atoms with Crippen LogP contribution in [0, 0.1) is 25.7 Å². The predicted molar refractivity (Wildman–Crippen MR) is 90.3 cm³/mol. The Morgan fingerprint density at radius 3 is 2.38 bits per heavy atom. The Hall–Kier alpha value is -2.64. The van der Waals surface area contributed by atoms with E-state index >= 15 is 0 Å². The van der Waals surface area contributed by atoms with Crippen molar-refractivity contribution in [2.75, 3.05) is 26.2 Å². The number of hydrogen-bond donors (Lipinski definition) is 0. The summed E-state index contributed by atoms with van der Waals surface area (Å²) in [6, 6.07) is 1.86. The van der Waals surface area contributed by atoms with Gasteiger partial charge in [-0.25, -0.2) is 0 Å². The molecule has 2 fully saturated rings. The maximum absolute atomic E-state index is 12.6. The number of likely N-dealkylation sites (tertiary alicyclic amines) is 2. The highest BCUT2D eigenvalue weighted by atomic mass is 16.5. The van der Waals surface area contributed by atoms with E-state index in [0.29, 0.717) is 62.1 Å². The van der Waals surface area contributed by atoms with Crippen molar-refractivity contribution in [1.29, 1.82) is 0 Å². The molecule has 0 saturated carbocycles. The van der Waals surface area contributed by atoms with Crippen molar-refractivity contribution in [3.05, 3.63) is 35.0 Å². The fraction of sp³-hybridized carbons (Fsp3) is 0.556. The fourth-order valence-corrected chi connectivity index (χ4v) is 3.96. The summed E-state index contributed by atoms with van der Waals surface area (Å²) in [5.41, 5.74) is 1.96. The van der Waals surface area contributed by atoms with Crippen LogP contribution in [0.4, 0.5) is 0 Å². The van der Waals surface area contributed by atoms with E-state index < -0.39 is 0 Å². The third kappa shape index (κ3) is 3.11. The van der Waals surface area contributed by atoms with E-state index in [1.165, 1.54) is 6.26 Å². The Morgan fingerprint density at radius 2 is 1.81 bits per heavy atom. The molecule has 2 aromatic heterocycles. The first kappa shape index (κ1) is 16.8. The van der Waals surface area contributed by atoms with Crippen molar-refractivity contribution in [3.8, 4) is 0 Å². The molecule has 2 aliphatic heterocycles. The second kappa shape index (κ2) is 6.59. The summed E-state index contributed by atoms with van der Waals surface area (Å²) in [5, 5.41) is 7.71. The van der Waals surface area contributed by atoms with Crippen LogP contribution in [0.15, 0.2) is 21.4 Å². The van der Waals surface area contributed by atoms with E-state index in [1.807, 2.05) is 22.8 Å². The van der Waals surface area contributed by atoms with Gasteiger partial charge in [-0.1, -0.05) is 10.3 Å². The second-order valence-electron chi connectivity index (χ2n) is 7.27. The number of carbonyl (C=O) groups excluding carboxylic acids is 2. The number of amides is 2. The number of aromatic nitrogens is 2. The van der Waals surface area contributed by atoms with E-state index in [1.54, 1.807) is 6.92 Å². The standard InChI is InChI=1S/C18H22N4O4/c1-11-5-15(20-26-11)3-4-17(23)21-6-13-8-22(9-14(13)7-21)18(24)16-10-25-19-12(16)2/h5,10,13-14H,3-4,6-9H2,1-2H3/t13-,14+. The molecule has 2 amide bonds. The third-order valence-corrected chi connectivity index (χ3v) is 5.38. The minimum atomic E-state index is -0.0302. The van der Waals surface area contributed by atoms with Crippen LogP contribution in [0.25, 0.3) is 0 Å². The first-order valence-corrected chi connectivity index (χ1v) is 8.91. The zero-order chi connectivity index (χ0) is 18.3. The van der Waals surface area contributed by atoms with Crippen molar-refractivity contribution in [1.82, 2.24) is 20.1 Å². The van der Waals surface area contributed by atoms with Gasteiger partial charge in [-0.15, -0.1) is 0 Å². The third-order valence-electron chi connectivity index (χ3n) is 5.38. The van der Waals surface area contributed by atoms with Gasteiger partial charge in [0.25, 0.3) is 5.91 Å². The van der Waals surface area contributed by atoms with Gasteiger partial charge in [0.15, 0.2) is 0 Å². The summed E-state index contributed by atoms with van der Waals surface area (Å²) < 4.78 is 9.90. The Bertz CT molecular complexity index is 813. The van der Waals surface area contributed by atoms with Crippen LogP contribution in [0.2, 0.25) is 0 Å². The van der Waals surface area contributed by atoms with Crippen LogP contribution in [0.5, 0.6) is 0 Å². The molecular weight excluding hydrogens is 336 g/mol. The molecule has 4 heterocycles. The lowest BCUT2D eigenvalue weighted by atomic mass is 10.0. The van der Waals surface area contributed by atoms with E-state index in [4.69, 9.17) is 9.05 Å². The first-order chi connectivity index (χ1) is 12.5. The molecule has 0 N–H and O–H groups in total. The summed E-state index contributed by atoms with van der Waals surface area (Å²) in [7, 11) is 0. The zero-order valence-corrected chi connectivity index (χ0v) is 15.0. The lowest BCUT2D eigenvalue weighted by Crippen LogP contribution is -2.35. The minimum absolute atomic E-state index is 0.0302. The molecular formula is C18H22N4O4. The van der Waals surface area contributed by atoms with Crippen molar-refractivity contribution in [2.45, 2.75) is 26.7 Å². The molecule has 2 aliphatic rings. The topological polar surface area (TPSA) is 92.7 Å². The molecule has 2 saturated heterocycles. The van der Waals surface area contributed by atoms with E-state index in [9.17, 15) is 9.59 Å². The molecule has 0 aromatic carbocycles. The minimum Gasteiger partial charge on any atom is -0.364 e. The molecule has 0 bridgehead atoms. The quantitative estimate of drug-likeness (QED) is 0.821. The van der Waals surface area contributed by atoms with Crippen molar-refractivity contribution >= 4 is 11.8 Å². The number of hydrogen-bond acceptors (Lipinski definition) is 6. The van der Waals surface area contributed by atoms with Crippen LogP contribution >= 0.6 is 0 Å². The van der Waals surface area contributed by atoms with Crippen LogP contribution in [0.3, 0.4) is 0 Å². The van der Waals surface area contributed by atoms with Gasteiger partial charge < -0.3 is 18.8 Å². The number of aryl methyl sites for hydroxylation is 3. The molecule has 8 heteroatoms. The zero-order valence-electron chi connectivity index (χ0n) is 15.0. The number of rotatable bonds is 4. The van der Waals surface area contributed by atoms with Gasteiger partial charge >= 0.3 is 0 Å². The lowest BCUT2D eigenvalue weighted by molar-refractivity contribution is -0.130. The highest BCUT2D eigenvalue weighted by molar-refractivity contribution is 5.95. The molecule has 0 unspecified atom stereocenters. The Balaban J connectivity index is 1.30. The van der Waals surface area contributed by atoms with Crippen molar-refractivity contribution < 1.29 is 18.6 Å². The van der Waals surface area contributed by atoms with Crippen molar-refractivity contribution in [3.63, 3.8) is 0 Å². The van der Waals surface area contributed by atoms with E-state index in [2.05, 4.69) is 10.3 Å². The van der Waals surface area contributed by atoms with Crippen LogP contribution in [-0.2, 0) is 11.2 Å². The highest BCUT2D eigenvalue weighted by Crippen LogP contribution is 2.32. The summed E-state index contributed by atoms with van der Waals surface area (Å²) in [6.07, 6.45) is 2.44. The number of fused-ring (bicyclic) bond motifs is 1. The fourth-order valence-electron chi connectivity index (χ4n) is 3.96. The number of nitrogens with zero attached hydrogens (tertiary/aromatic N) is 4. The SMILES string of the molecule is Cc1cc(CCC(=O)N2C[C@@H]3CN(C(=O)c4conc4C)C[C@@H]3C2)no1. The Labute approximate surface area is 151 Å². The second-order valence-corrected chi connectivity index (χ2v) is 7.27. The predicted octanol–water partition coefficient (Wildman–Crippen LogP) is 1.44. The average Bonchev–Trinajstić information content (AvgIpc) is 3.35. The van der Waals surface area contributed by atoms with Crippen LogP contribution in [-0.4, -0.2) is 58.1 Å². The number of carbonyl (C=O) groups is 2. The molecule has 2 aromatic rings. The van der Waals surface area contributed by atoms with Gasteiger partial charge in [0.2, 0.25) is 5.91 Å². The summed E-state index contributed by atoms with van der Waals surface area (Å²) >= 11 is 0. The highest BCUT2D eigenvalue weighted by Gasteiger charge is 2.43. The maximum atomic E-state index is 12.6. The van der Waals surface area contributed by atoms with E-state index in [0.717, 1.165) is 11.5 Å². The molecule has 0 radical (unpaired) electrons. The molecule has 8 nitrogen and oxygen atoms in total. The van der Waals surface area contributed by atoms with Gasteiger partial charge in [0, 0.05) is 56.9 Å². The summed E-state index contributed by atoms with van der Waals surface area (Å²) in [4.78, 5) is 28.8. The molecule has 2 atom stereocenters. The molecule has 26 heavy (non-hydrogen) atoms. The average molecular weight is 358 g/mol. The van der Waals surface area contributed by atoms with Gasteiger partial charge in [-0.2, -0.15) is 0 Å². The lowest BCUT2D eigenvalue weighted by Gasteiger charge is -2.21. The van der Waals surface area contributed by atoms with Gasteiger partial charge in [0.05, 0.1) is 11.4 Å². The van der Waals surface area contributed by atoms with Gasteiger partial charge in [0.1, 0.15) is 17.6 Å². The van der Waals surface area contributed by atoms with Crippen molar-refractivity contribution in [2.24, 2.45) is 11.8 Å². The monoisotopic (exact) mass is 358 g/mol. The van der Waals surface area contributed by atoms with Gasteiger partial charge in [-0.05, 0) is 13.8 Å². The molecule has 4 rings (SSSR count).